The third kappa shape index (κ3) is 7.80. The van der Waals surface area contributed by atoms with Crippen LogP contribution in [0.25, 0.3) is 12.2 Å². The zero-order valence-corrected chi connectivity index (χ0v) is 25.0. The van der Waals surface area contributed by atoms with Crippen LogP contribution in [0.4, 0.5) is 0 Å². The lowest BCUT2D eigenvalue weighted by Gasteiger charge is -2.17. The summed E-state index contributed by atoms with van der Waals surface area (Å²) in [6.45, 7) is 4.22. The van der Waals surface area contributed by atoms with Crippen molar-refractivity contribution in [3.8, 4) is 0 Å². The Labute approximate surface area is 239 Å². The van der Waals surface area contributed by atoms with E-state index in [1.54, 1.807) is 12.2 Å². The van der Waals surface area contributed by atoms with Crippen molar-refractivity contribution in [1.82, 2.24) is 0 Å². The number of sulfone groups is 1. The molecular weight excluding hydrogens is 589 g/mol. The largest absolute Gasteiger partial charge is 0.218 e. The maximum absolute atomic E-state index is 14.1. The smallest absolute Gasteiger partial charge is 0.210 e. The van der Waals surface area contributed by atoms with Gasteiger partial charge in [-0.05, 0) is 37.8 Å². The summed E-state index contributed by atoms with van der Waals surface area (Å²) >= 11 is 38.4. The molecule has 2 aromatic rings. The molecule has 9 heteroatoms. The molecule has 192 valence electrons. The van der Waals surface area contributed by atoms with E-state index in [0.29, 0.717) is 0 Å². The van der Waals surface area contributed by atoms with Crippen LogP contribution >= 0.6 is 69.6 Å². The fourth-order valence-electron chi connectivity index (χ4n) is 3.57. The molecule has 35 heavy (non-hydrogen) atoms. The van der Waals surface area contributed by atoms with Crippen LogP contribution in [0.3, 0.4) is 0 Å². The minimum absolute atomic E-state index is 0.0624. The van der Waals surface area contributed by atoms with Gasteiger partial charge in [0.15, 0.2) is 0 Å². The molecule has 0 N–H and O–H groups in total. The Kier molecular flexibility index (Phi) is 12.8. The van der Waals surface area contributed by atoms with Crippen LogP contribution in [-0.4, -0.2) is 8.42 Å². The lowest BCUT2D eigenvalue weighted by Crippen LogP contribution is -2.09. The summed E-state index contributed by atoms with van der Waals surface area (Å²) in [5.74, 6) is 0. The van der Waals surface area contributed by atoms with E-state index >= 15 is 0 Å². The Balaban J connectivity index is 2.72. The van der Waals surface area contributed by atoms with Gasteiger partial charge < -0.3 is 0 Å². The molecule has 0 saturated heterocycles. The van der Waals surface area contributed by atoms with Gasteiger partial charge in [0.2, 0.25) is 9.84 Å². The maximum Gasteiger partial charge on any atom is 0.210 e. The molecule has 0 aliphatic heterocycles. The maximum atomic E-state index is 14.1. The van der Waals surface area contributed by atoms with Crippen LogP contribution in [0.2, 0.25) is 30.1 Å². The number of benzene rings is 2. The highest BCUT2D eigenvalue weighted by atomic mass is 35.5. The minimum Gasteiger partial charge on any atom is -0.218 e. The predicted molar refractivity (Wildman–Crippen MR) is 155 cm³/mol. The van der Waals surface area contributed by atoms with Crippen LogP contribution in [0, 0.1) is 0 Å². The van der Waals surface area contributed by atoms with Gasteiger partial charge in [0.1, 0.15) is 0 Å². The summed E-state index contributed by atoms with van der Waals surface area (Å²) in [7, 11) is -4.29. The summed E-state index contributed by atoms with van der Waals surface area (Å²) in [5, 5.41) is 0.365. The van der Waals surface area contributed by atoms with Gasteiger partial charge in [-0.15, -0.1) is 0 Å². The molecule has 2 rings (SSSR count). The van der Waals surface area contributed by atoms with Crippen molar-refractivity contribution in [3.05, 3.63) is 65.5 Å². The van der Waals surface area contributed by atoms with Crippen LogP contribution in [0.15, 0.2) is 34.1 Å². The van der Waals surface area contributed by atoms with Gasteiger partial charge in [-0.2, -0.15) is 0 Å². The van der Waals surface area contributed by atoms with Gasteiger partial charge in [0.05, 0.1) is 39.9 Å². The molecule has 0 atom stereocenters. The fourth-order valence-corrected chi connectivity index (χ4v) is 7.42. The summed E-state index contributed by atoms with van der Waals surface area (Å²) in [5.41, 5.74) is 0.418. The van der Waals surface area contributed by atoms with Crippen molar-refractivity contribution < 1.29 is 8.42 Å². The second kappa shape index (κ2) is 14.5. The Morgan fingerprint density at radius 2 is 1.00 bits per heavy atom. The molecule has 0 bridgehead atoms. The molecule has 0 heterocycles. The summed E-state index contributed by atoms with van der Waals surface area (Å²) in [6.07, 6.45) is 14.7. The first-order valence-electron chi connectivity index (χ1n) is 11.5. The zero-order chi connectivity index (χ0) is 26.2. The second-order valence-corrected chi connectivity index (χ2v) is 12.3. The highest BCUT2D eigenvalue weighted by molar-refractivity contribution is 7.92. The van der Waals surface area contributed by atoms with E-state index in [9.17, 15) is 8.42 Å². The zero-order valence-electron chi connectivity index (χ0n) is 19.6. The molecule has 0 spiro atoms. The Bertz CT molecular complexity index is 1120. The highest BCUT2D eigenvalue weighted by Crippen LogP contribution is 2.45. The molecule has 0 unspecified atom stereocenters. The van der Waals surface area contributed by atoms with Crippen molar-refractivity contribution in [1.29, 1.82) is 0 Å². The first-order chi connectivity index (χ1) is 16.6. The predicted octanol–water partition coefficient (Wildman–Crippen LogP) is 11.6. The van der Waals surface area contributed by atoms with Gasteiger partial charge in [0.25, 0.3) is 0 Å². The quantitative estimate of drug-likeness (QED) is 0.175. The normalized spacial score (nSPS) is 12.3. The molecule has 0 saturated carbocycles. The van der Waals surface area contributed by atoms with Crippen LogP contribution in [-0.2, 0) is 9.84 Å². The van der Waals surface area contributed by atoms with Gasteiger partial charge in [-0.25, -0.2) is 8.42 Å². The third-order valence-electron chi connectivity index (χ3n) is 5.38. The third-order valence-corrected chi connectivity index (χ3v) is 9.76. The average Bonchev–Trinajstić information content (AvgIpc) is 2.79. The second-order valence-electron chi connectivity index (χ2n) is 8.09. The van der Waals surface area contributed by atoms with E-state index in [-0.39, 0.29) is 51.1 Å². The lowest BCUT2D eigenvalue weighted by atomic mass is 10.1. The first-order valence-corrected chi connectivity index (χ1v) is 15.3. The van der Waals surface area contributed by atoms with Crippen molar-refractivity contribution in [2.45, 2.75) is 75.0 Å². The molecule has 2 aromatic carbocycles. The standard InChI is InChI=1S/C26H28Cl6O2S/c1-3-5-7-9-11-13-17-23(31)19(27)15-21(29)25(17)35(33,34)26-18(14-12-10-8-6-4-2)24(32)20(28)16-22(26)30/h11-16H,3-10H2,1-2H3. The Morgan fingerprint density at radius 3 is 1.34 bits per heavy atom. The fraction of sp³-hybridized carbons (Fsp3) is 0.385. The van der Waals surface area contributed by atoms with Crippen molar-refractivity contribution in [2.24, 2.45) is 0 Å². The van der Waals surface area contributed by atoms with Crippen molar-refractivity contribution in [3.63, 3.8) is 0 Å². The number of unbranched alkanes of at least 4 members (excludes halogenated alkanes) is 6. The van der Waals surface area contributed by atoms with Gasteiger partial charge in [0, 0.05) is 11.1 Å². The van der Waals surface area contributed by atoms with E-state index in [1.165, 1.54) is 12.1 Å². The molecule has 2 nitrogen and oxygen atoms in total. The number of allylic oxidation sites excluding steroid dienone is 2. The van der Waals surface area contributed by atoms with Crippen molar-refractivity contribution >= 4 is 91.6 Å². The lowest BCUT2D eigenvalue weighted by molar-refractivity contribution is 0.596. The monoisotopic (exact) mass is 614 g/mol. The molecule has 0 amide bonds. The molecule has 0 radical (unpaired) electrons. The van der Waals surface area contributed by atoms with Gasteiger partial charge >= 0.3 is 0 Å². The van der Waals surface area contributed by atoms with Crippen LogP contribution in [0.1, 0.15) is 76.3 Å². The molecule has 0 aromatic heterocycles. The summed E-state index contributed by atoms with van der Waals surface area (Å²) in [4.78, 5) is -0.359. The minimum atomic E-state index is -4.29. The Morgan fingerprint density at radius 1 is 0.629 bits per heavy atom. The number of halogens is 6. The van der Waals surface area contributed by atoms with Gasteiger partial charge in [-0.1, -0.05) is 133 Å². The van der Waals surface area contributed by atoms with Crippen LogP contribution in [0.5, 0.6) is 0 Å². The molecule has 0 fully saturated rings. The number of hydrogen-bond acceptors (Lipinski definition) is 2. The molecule has 0 aliphatic rings. The molecule has 0 aliphatic carbocycles. The Hall–Kier alpha value is -0.390. The van der Waals surface area contributed by atoms with E-state index in [2.05, 4.69) is 13.8 Å². The van der Waals surface area contributed by atoms with Gasteiger partial charge in [-0.3, -0.25) is 0 Å². The summed E-state index contributed by atoms with van der Waals surface area (Å²) in [6, 6.07) is 2.64. The van der Waals surface area contributed by atoms with E-state index in [1.807, 2.05) is 12.2 Å². The molecular formula is C26H28Cl6O2S. The number of rotatable bonds is 12. The first kappa shape index (κ1) is 30.8. The van der Waals surface area contributed by atoms with Crippen LogP contribution < -0.4 is 0 Å². The summed E-state index contributed by atoms with van der Waals surface area (Å²) < 4.78 is 28.1. The van der Waals surface area contributed by atoms with E-state index in [4.69, 9.17) is 69.6 Å². The van der Waals surface area contributed by atoms with E-state index < -0.39 is 9.84 Å². The number of hydrogen-bond donors (Lipinski definition) is 0. The SMILES string of the molecule is CCCCCC=Cc1c(Cl)c(Cl)cc(Cl)c1S(=O)(=O)c1c(Cl)cc(Cl)c(Cl)c1C=CCCCCC. The average molecular weight is 617 g/mol. The highest BCUT2D eigenvalue weighted by Gasteiger charge is 2.32. The van der Waals surface area contributed by atoms with E-state index in [0.717, 1.165) is 51.4 Å². The van der Waals surface area contributed by atoms with Crippen molar-refractivity contribution in [2.75, 3.05) is 0 Å². The topological polar surface area (TPSA) is 34.1 Å².